The van der Waals surface area contributed by atoms with Gasteiger partial charge in [0.1, 0.15) is 5.75 Å². The quantitative estimate of drug-likeness (QED) is 0.361. The van der Waals surface area contributed by atoms with Crippen LogP contribution in [0, 0.1) is 0 Å². The van der Waals surface area contributed by atoms with E-state index in [1.54, 1.807) is 36.4 Å². The van der Waals surface area contributed by atoms with Crippen molar-refractivity contribution in [1.29, 1.82) is 0 Å². The standard InChI is InChI=1S/C22H26BrN3O3S/c1-4-5-12-29-19-11-10-15(23)13-17(19)21(28)26-22(30)25-18-9-7-6-8-16(18)20(27)24-14(2)3/h6-11,13-14H,4-5,12H2,1-3H3,(H,24,27)(H2,25,26,28,30). The van der Waals surface area contributed by atoms with Crippen molar-refractivity contribution in [3.63, 3.8) is 0 Å². The van der Waals surface area contributed by atoms with Gasteiger partial charge in [0.25, 0.3) is 11.8 Å². The van der Waals surface area contributed by atoms with Crippen LogP contribution in [-0.2, 0) is 0 Å². The molecule has 2 aromatic carbocycles. The van der Waals surface area contributed by atoms with Crippen LogP contribution in [0.25, 0.3) is 0 Å². The number of unbranched alkanes of at least 4 members (excludes halogenated alkanes) is 1. The number of halogens is 1. The highest BCUT2D eigenvalue weighted by Gasteiger charge is 2.17. The van der Waals surface area contributed by atoms with Gasteiger partial charge in [-0.25, -0.2) is 0 Å². The van der Waals surface area contributed by atoms with Crippen LogP contribution in [0.4, 0.5) is 5.69 Å². The van der Waals surface area contributed by atoms with Crippen molar-refractivity contribution in [2.75, 3.05) is 11.9 Å². The van der Waals surface area contributed by atoms with Gasteiger partial charge in [0, 0.05) is 10.5 Å². The number of thiocarbonyl (C=S) groups is 1. The van der Waals surface area contributed by atoms with Gasteiger partial charge < -0.3 is 15.4 Å². The topological polar surface area (TPSA) is 79.5 Å². The average Bonchev–Trinajstić information content (AvgIpc) is 2.69. The molecule has 6 nitrogen and oxygen atoms in total. The van der Waals surface area contributed by atoms with E-state index in [-0.39, 0.29) is 17.1 Å². The highest BCUT2D eigenvalue weighted by Crippen LogP contribution is 2.24. The molecule has 0 spiro atoms. The van der Waals surface area contributed by atoms with Crippen LogP contribution >= 0.6 is 28.1 Å². The number of para-hydroxylation sites is 1. The molecule has 8 heteroatoms. The Morgan fingerprint density at radius 2 is 1.83 bits per heavy atom. The number of rotatable bonds is 8. The summed E-state index contributed by atoms with van der Waals surface area (Å²) in [5.74, 6) is -0.131. The maximum atomic E-state index is 12.8. The van der Waals surface area contributed by atoms with Gasteiger partial charge in [-0.3, -0.25) is 14.9 Å². The Morgan fingerprint density at radius 3 is 2.53 bits per heavy atom. The Labute approximate surface area is 190 Å². The predicted molar refractivity (Wildman–Crippen MR) is 127 cm³/mol. The molecule has 0 saturated heterocycles. The second kappa shape index (κ2) is 11.7. The van der Waals surface area contributed by atoms with Crippen LogP contribution in [0.5, 0.6) is 5.75 Å². The molecule has 0 bridgehead atoms. The Kier molecular flexibility index (Phi) is 9.26. The molecule has 2 rings (SSSR count). The Morgan fingerprint density at radius 1 is 1.10 bits per heavy atom. The van der Waals surface area contributed by atoms with Gasteiger partial charge >= 0.3 is 0 Å². The number of hydrogen-bond acceptors (Lipinski definition) is 4. The highest BCUT2D eigenvalue weighted by atomic mass is 79.9. The van der Waals surface area contributed by atoms with E-state index < -0.39 is 5.91 Å². The zero-order valence-corrected chi connectivity index (χ0v) is 19.7. The number of carbonyl (C=O) groups excluding carboxylic acids is 2. The molecule has 0 aromatic heterocycles. The Bertz CT molecular complexity index is 918. The van der Waals surface area contributed by atoms with E-state index in [2.05, 4.69) is 38.8 Å². The van der Waals surface area contributed by atoms with E-state index >= 15 is 0 Å². The van der Waals surface area contributed by atoms with Crippen LogP contribution < -0.4 is 20.7 Å². The molecule has 160 valence electrons. The highest BCUT2D eigenvalue weighted by molar-refractivity contribution is 9.10. The zero-order valence-electron chi connectivity index (χ0n) is 17.3. The first-order chi connectivity index (χ1) is 14.3. The van der Waals surface area contributed by atoms with Gasteiger partial charge in [-0.05, 0) is 62.8 Å². The van der Waals surface area contributed by atoms with Gasteiger partial charge in [0.2, 0.25) is 0 Å². The maximum absolute atomic E-state index is 12.8. The molecule has 30 heavy (non-hydrogen) atoms. The van der Waals surface area contributed by atoms with E-state index in [1.807, 2.05) is 19.9 Å². The number of nitrogens with one attached hydrogen (secondary N) is 3. The summed E-state index contributed by atoms with van der Waals surface area (Å²) in [4.78, 5) is 25.2. The fourth-order valence-electron chi connectivity index (χ4n) is 2.59. The van der Waals surface area contributed by atoms with Gasteiger partial charge in [0.15, 0.2) is 5.11 Å². The first kappa shape index (κ1) is 23.8. The second-order valence-electron chi connectivity index (χ2n) is 6.92. The van der Waals surface area contributed by atoms with Crippen molar-refractivity contribution < 1.29 is 14.3 Å². The molecule has 0 radical (unpaired) electrons. The number of hydrogen-bond donors (Lipinski definition) is 3. The molecule has 3 N–H and O–H groups in total. The molecule has 0 aliphatic heterocycles. The molecule has 0 atom stereocenters. The molecular weight excluding hydrogens is 466 g/mol. The molecule has 0 fully saturated rings. The SMILES string of the molecule is CCCCOc1ccc(Br)cc1C(=O)NC(=S)Nc1ccccc1C(=O)NC(C)C. The summed E-state index contributed by atoms with van der Waals surface area (Å²) < 4.78 is 6.50. The van der Waals surface area contributed by atoms with E-state index in [4.69, 9.17) is 17.0 Å². The molecule has 2 aromatic rings. The fraction of sp³-hybridized carbons (Fsp3) is 0.318. The third-order valence-corrected chi connectivity index (χ3v) is 4.71. The monoisotopic (exact) mass is 491 g/mol. The largest absolute Gasteiger partial charge is 0.493 e. The summed E-state index contributed by atoms with van der Waals surface area (Å²) in [5, 5.41) is 8.53. The van der Waals surface area contributed by atoms with Crippen LogP contribution in [0.2, 0.25) is 0 Å². The lowest BCUT2D eigenvalue weighted by atomic mass is 10.1. The van der Waals surface area contributed by atoms with Crippen molar-refractivity contribution in [2.45, 2.75) is 39.7 Å². The van der Waals surface area contributed by atoms with E-state index in [1.165, 1.54) is 0 Å². The number of carbonyl (C=O) groups is 2. The summed E-state index contributed by atoms with van der Waals surface area (Å²) in [6.45, 7) is 6.37. The Balaban J connectivity index is 2.12. The molecule has 0 aliphatic rings. The number of ether oxygens (including phenoxy) is 1. The molecule has 0 saturated carbocycles. The first-order valence-electron chi connectivity index (χ1n) is 9.76. The van der Waals surface area contributed by atoms with Crippen LogP contribution in [0.1, 0.15) is 54.3 Å². The minimum atomic E-state index is -0.399. The van der Waals surface area contributed by atoms with Gasteiger partial charge in [-0.2, -0.15) is 0 Å². The molecular formula is C22H26BrN3O3S. The molecule has 0 unspecified atom stereocenters. The lowest BCUT2D eigenvalue weighted by Gasteiger charge is -2.16. The maximum Gasteiger partial charge on any atom is 0.261 e. The number of amides is 2. The summed E-state index contributed by atoms with van der Waals surface area (Å²) in [7, 11) is 0. The van der Waals surface area contributed by atoms with E-state index in [0.717, 1.165) is 17.3 Å². The zero-order chi connectivity index (χ0) is 22.1. The van der Waals surface area contributed by atoms with Crippen LogP contribution in [-0.4, -0.2) is 29.6 Å². The summed E-state index contributed by atoms with van der Waals surface area (Å²) in [5.41, 5.74) is 1.32. The van der Waals surface area contributed by atoms with E-state index in [0.29, 0.717) is 29.2 Å². The van der Waals surface area contributed by atoms with Gasteiger partial charge in [0.05, 0.1) is 23.4 Å². The summed E-state index contributed by atoms with van der Waals surface area (Å²) in [6.07, 6.45) is 1.89. The second-order valence-corrected chi connectivity index (χ2v) is 8.25. The Hall–Kier alpha value is -2.45. The van der Waals surface area contributed by atoms with Crippen molar-refractivity contribution in [2.24, 2.45) is 0 Å². The lowest BCUT2D eigenvalue weighted by molar-refractivity contribution is 0.0942. The van der Waals surface area contributed by atoms with Crippen molar-refractivity contribution in [3.8, 4) is 5.75 Å². The fourth-order valence-corrected chi connectivity index (χ4v) is 3.15. The van der Waals surface area contributed by atoms with Crippen molar-refractivity contribution in [3.05, 3.63) is 58.1 Å². The third kappa shape index (κ3) is 7.11. The minimum absolute atomic E-state index is 0.000123. The third-order valence-electron chi connectivity index (χ3n) is 4.01. The molecule has 2 amide bonds. The average molecular weight is 492 g/mol. The van der Waals surface area contributed by atoms with Gasteiger partial charge in [-0.1, -0.05) is 41.4 Å². The van der Waals surface area contributed by atoms with Gasteiger partial charge in [-0.15, -0.1) is 0 Å². The molecule has 0 heterocycles. The first-order valence-corrected chi connectivity index (χ1v) is 11.0. The number of anilines is 1. The smallest absolute Gasteiger partial charge is 0.261 e. The van der Waals surface area contributed by atoms with Crippen molar-refractivity contribution >= 4 is 50.8 Å². The normalized spacial score (nSPS) is 10.4. The van der Waals surface area contributed by atoms with Crippen LogP contribution in [0.15, 0.2) is 46.9 Å². The molecule has 0 aliphatic carbocycles. The van der Waals surface area contributed by atoms with Crippen LogP contribution in [0.3, 0.4) is 0 Å². The van der Waals surface area contributed by atoms with Crippen molar-refractivity contribution in [1.82, 2.24) is 10.6 Å². The number of benzene rings is 2. The summed E-state index contributed by atoms with van der Waals surface area (Å²) in [6, 6.07) is 12.2. The summed E-state index contributed by atoms with van der Waals surface area (Å²) >= 11 is 8.68. The lowest BCUT2D eigenvalue weighted by Crippen LogP contribution is -2.36. The minimum Gasteiger partial charge on any atom is -0.493 e. The van der Waals surface area contributed by atoms with E-state index in [9.17, 15) is 9.59 Å². The predicted octanol–water partition coefficient (Wildman–Crippen LogP) is 4.89.